The van der Waals surface area contributed by atoms with Crippen molar-refractivity contribution in [2.75, 3.05) is 13.2 Å². The zero-order valence-corrected chi connectivity index (χ0v) is 16.3. The molecule has 0 atom stereocenters. The second-order valence-corrected chi connectivity index (χ2v) is 8.99. The van der Waals surface area contributed by atoms with Crippen molar-refractivity contribution in [1.29, 1.82) is 0 Å². The number of carbonyl (C=O) groups is 3. The highest BCUT2D eigenvalue weighted by atomic mass is 16.5. The largest absolute Gasteiger partial charge is 0.464 e. The standard InChI is InChI=1S/C23H29NO4/c25-20(19-5-2-1-3-6-19)7-4-8-28-21(26)15-24-22(27)23-12-16-9-17(13-23)11-18(10-16)14-23/h1-3,5-6,16-18H,4,7-15H2,(H,24,27). The molecule has 5 heteroatoms. The Kier molecular flexibility index (Phi) is 5.51. The third-order valence-electron chi connectivity index (χ3n) is 6.82. The lowest BCUT2D eigenvalue weighted by atomic mass is 9.49. The fraction of sp³-hybridized carbons (Fsp3) is 0.609. The molecule has 4 saturated carbocycles. The molecule has 0 radical (unpaired) electrons. The fourth-order valence-corrected chi connectivity index (χ4v) is 5.97. The van der Waals surface area contributed by atoms with Gasteiger partial charge in [-0.15, -0.1) is 0 Å². The number of nitrogens with one attached hydrogen (secondary N) is 1. The molecule has 1 amide bonds. The van der Waals surface area contributed by atoms with Gasteiger partial charge in [-0.1, -0.05) is 30.3 Å². The average molecular weight is 383 g/mol. The summed E-state index contributed by atoms with van der Waals surface area (Å²) in [5.74, 6) is 1.77. The predicted molar refractivity (Wildman–Crippen MR) is 105 cm³/mol. The highest BCUT2D eigenvalue weighted by Crippen LogP contribution is 2.60. The molecule has 4 bridgehead atoms. The zero-order valence-electron chi connectivity index (χ0n) is 16.3. The molecule has 0 aliphatic heterocycles. The smallest absolute Gasteiger partial charge is 0.325 e. The van der Waals surface area contributed by atoms with Crippen molar-refractivity contribution in [3.05, 3.63) is 35.9 Å². The molecule has 4 aliphatic carbocycles. The maximum absolute atomic E-state index is 12.8. The first kappa shape index (κ1) is 19.2. The van der Waals surface area contributed by atoms with Crippen LogP contribution in [0.1, 0.15) is 61.7 Å². The number of rotatable bonds is 8. The van der Waals surface area contributed by atoms with E-state index in [9.17, 15) is 14.4 Å². The van der Waals surface area contributed by atoms with Crippen molar-refractivity contribution in [2.24, 2.45) is 23.2 Å². The van der Waals surface area contributed by atoms with Gasteiger partial charge < -0.3 is 10.1 Å². The lowest BCUT2D eigenvalue weighted by Gasteiger charge is -2.55. The van der Waals surface area contributed by atoms with Gasteiger partial charge >= 0.3 is 5.97 Å². The Hall–Kier alpha value is -2.17. The average Bonchev–Trinajstić information content (AvgIpc) is 2.69. The van der Waals surface area contributed by atoms with Crippen LogP contribution in [0.5, 0.6) is 0 Å². The topological polar surface area (TPSA) is 72.5 Å². The molecular weight excluding hydrogens is 354 g/mol. The summed E-state index contributed by atoms with van der Waals surface area (Å²) in [6.07, 6.45) is 7.66. The first-order valence-corrected chi connectivity index (χ1v) is 10.6. The van der Waals surface area contributed by atoms with Gasteiger partial charge in [-0.2, -0.15) is 0 Å². The first-order chi connectivity index (χ1) is 13.5. The molecule has 0 heterocycles. The molecular formula is C23H29NO4. The van der Waals surface area contributed by atoms with Crippen LogP contribution in [0.3, 0.4) is 0 Å². The normalized spacial score (nSPS) is 30.1. The monoisotopic (exact) mass is 383 g/mol. The summed E-state index contributed by atoms with van der Waals surface area (Å²) in [6.45, 7) is 0.123. The summed E-state index contributed by atoms with van der Waals surface area (Å²) in [5, 5.41) is 2.83. The molecule has 0 aromatic heterocycles. The number of carbonyl (C=O) groups excluding carboxylic acids is 3. The van der Waals surface area contributed by atoms with E-state index >= 15 is 0 Å². The summed E-state index contributed by atoms with van der Waals surface area (Å²) in [5.41, 5.74) is 0.439. The quantitative estimate of drug-likeness (QED) is 0.423. The highest BCUT2D eigenvalue weighted by molar-refractivity contribution is 5.96. The molecule has 0 saturated heterocycles. The number of ketones is 1. The maximum Gasteiger partial charge on any atom is 0.325 e. The fourth-order valence-electron chi connectivity index (χ4n) is 5.97. The number of hydrogen-bond donors (Lipinski definition) is 1. The van der Waals surface area contributed by atoms with Crippen molar-refractivity contribution >= 4 is 17.7 Å². The van der Waals surface area contributed by atoms with Gasteiger partial charge in [-0.3, -0.25) is 14.4 Å². The molecule has 4 aliphatic rings. The van der Waals surface area contributed by atoms with Crippen LogP contribution in [-0.4, -0.2) is 30.8 Å². The Bertz CT molecular complexity index is 707. The third-order valence-corrected chi connectivity index (χ3v) is 6.82. The Morgan fingerprint density at radius 3 is 2.18 bits per heavy atom. The van der Waals surface area contributed by atoms with Gasteiger partial charge in [-0.05, 0) is 62.7 Å². The first-order valence-electron chi connectivity index (χ1n) is 10.6. The van der Waals surface area contributed by atoms with Crippen LogP contribution in [0.4, 0.5) is 0 Å². The van der Waals surface area contributed by atoms with E-state index in [1.54, 1.807) is 12.1 Å². The van der Waals surface area contributed by atoms with Gasteiger partial charge in [-0.25, -0.2) is 0 Å². The molecule has 0 unspecified atom stereocenters. The number of esters is 1. The Morgan fingerprint density at radius 1 is 0.964 bits per heavy atom. The van der Waals surface area contributed by atoms with E-state index in [0.717, 1.165) is 19.3 Å². The van der Waals surface area contributed by atoms with Gasteiger partial charge in [0.05, 0.1) is 6.61 Å². The molecule has 1 aromatic carbocycles. The summed E-state index contributed by atoms with van der Waals surface area (Å²) >= 11 is 0. The molecule has 5 nitrogen and oxygen atoms in total. The predicted octanol–water partition coefficient (Wildman–Crippen LogP) is 3.53. The van der Waals surface area contributed by atoms with Crippen LogP contribution in [0.25, 0.3) is 0 Å². The molecule has 4 fully saturated rings. The molecule has 1 aromatic rings. The van der Waals surface area contributed by atoms with E-state index in [1.807, 2.05) is 18.2 Å². The van der Waals surface area contributed by atoms with Gasteiger partial charge in [0.2, 0.25) is 5.91 Å². The third kappa shape index (κ3) is 4.13. The number of amides is 1. The Labute approximate surface area is 166 Å². The van der Waals surface area contributed by atoms with Crippen LogP contribution in [0.2, 0.25) is 0 Å². The lowest BCUT2D eigenvalue weighted by molar-refractivity contribution is -0.151. The molecule has 28 heavy (non-hydrogen) atoms. The van der Waals surface area contributed by atoms with E-state index in [0.29, 0.717) is 36.2 Å². The summed E-state index contributed by atoms with van der Waals surface area (Å²) in [7, 11) is 0. The minimum Gasteiger partial charge on any atom is -0.464 e. The van der Waals surface area contributed by atoms with Gasteiger partial charge in [0, 0.05) is 17.4 Å². The van der Waals surface area contributed by atoms with Gasteiger partial charge in [0.1, 0.15) is 6.54 Å². The van der Waals surface area contributed by atoms with Crippen molar-refractivity contribution < 1.29 is 19.1 Å². The van der Waals surface area contributed by atoms with Crippen molar-refractivity contribution in [1.82, 2.24) is 5.32 Å². The number of hydrogen-bond acceptors (Lipinski definition) is 4. The second-order valence-electron chi connectivity index (χ2n) is 8.99. The summed E-state index contributed by atoms with van der Waals surface area (Å²) < 4.78 is 5.19. The maximum atomic E-state index is 12.8. The Morgan fingerprint density at radius 2 is 1.57 bits per heavy atom. The van der Waals surface area contributed by atoms with E-state index in [2.05, 4.69) is 5.32 Å². The number of ether oxygens (including phenoxy) is 1. The van der Waals surface area contributed by atoms with E-state index < -0.39 is 5.97 Å². The van der Waals surface area contributed by atoms with Crippen LogP contribution >= 0.6 is 0 Å². The number of benzene rings is 1. The molecule has 1 N–H and O–H groups in total. The highest BCUT2D eigenvalue weighted by Gasteiger charge is 2.54. The number of Topliss-reactive ketones (excluding diaryl/α,β-unsaturated/α-hetero) is 1. The Balaban J connectivity index is 1.16. The lowest BCUT2D eigenvalue weighted by Crippen LogP contribution is -2.54. The van der Waals surface area contributed by atoms with Crippen molar-refractivity contribution in [2.45, 2.75) is 51.4 Å². The summed E-state index contributed by atoms with van der Waals surface area (Å²) in [6, 6.07) is 9.11. The van der Waals surface area contributed by atoms with Crippen LogP contribution in [0.15, 0.2) is 30.3 Å². The van der Waals surface area contributed by atoms with E-state index in [4.69, 9.17) is 4.74 Å². The van der Waals surface area contributed by atoms with Crippen LogP contribution in [-0.2, 0) is 14.3 Å². The second kappa shape index (κ2) is 8.06. The molecule has 150 valence electrons. The minimum absolute atomic E-state index is 0.0443. The van der Waals surface area contributed by atoms with Crippen LogP contribution < -0.4 is 5.32 Å². The van der Waals surface area contributed by atoms with Crippen molar-refractivity contribution in [3.8, 4) is 0 Å². The SMILES string of the molecule is O=C(CNC(=O)C12CC3CC(CC(C3)C1)C2)OCCCC(=O)c1ccccc1. The van der Waals surface area contributed by atoms with Crippen molar-refractivity contribution in [3.63, 3.8) is 0 Å². The van der Waals surface area contributed by atoms with Gasteiger partial charge in [0.15, 0.2) is 5.78 Å². The van der Waals surface area contributed by atoms with E-state index in [-0.39, 0.29) is 30.3 Å². The van der Waals surface area contributed by atoms with Crippen LogP contribution in [0, 0.1) is 23.2 Å². The van der Waals surface area contributed by atoms with Gasteiger partial charge in [0.25, 0.3) is 0 Å². The minimum atomic E-state index is -0.426. The zero-order chi connectivity index (χ0) is 19.6. The summed E-state index contributed by atoms with van der Waals surface area (Å²) in [4.78, 5) is 36.8. The molecule has 0 spiro atoms. The van der Waals surface area contributed by atoms with E-state index in [1.165, 1.54) is 19.3 Å². The molecule has 5 rings (SSSR count).